The van der Waals surface area contributed by atoms with E-state index in [2.05, 4.69) is 209 Å². The summed E-state index contributed by atoms with van der Waals surface area (Å²) in [4.78, 5) is 2.42. The average Bonchev–Trinajstić information content (AvgIpc) is 3.80. The second-order valence-corrected chi connectivity index (χ2v) is 17.7. The molecule has 0 aliphatic heterocycles. The van der Waals surface area contributed by atoms with Gasteiger partial charge in [-0.3, -0.25) is 0 Å². The van der Waals surface area contributed by atoms with Crippen LogP contribution >= 0.6 is 11.3 Å². The van der Waals surface area contributed by atoms with Crippen molar-refractivity contribution in [3.05, 3.63) is 198 Å². The summed E-state index contributed by atoms with van der Waals surface area (Å²) in [7, 11) is 0. The molecular weight excluding hydrogens is 695 g/mol. The molecule has 0 saturated carbocycles. The van der Waals surface area contributed by atoms with E-state index in [9.17, 15) is 0 Å². The second-order valence-electron chi connectivity index (χ2n) is 16.6. The van der Waals surface area contributed by atoms with Gasteiger partial charge in [-0.15, -0.1) is 11.3 Å². The number of benzene rings is 8. The van der Waals surface area contributed by atoms with Gasteiger partial charge in [-0.1, -0.05) is 149 Å². The average molecular weight is 736 g/mol. The Morgan fingerprint density at radius 3 is 1.52 bits per heavy atom. The van der Waals surface area contributed by atoms with Crippen LogP contribution in [0.2, 0.25) is 0 Å². The monoisotopic (exact) mass is 735 g/mol. The molecule has 0 N–H and O–H groups in total. The summed E-state index contributed by atoms with van der Waals surface area (Å²) in [6.45, 7) is 9.41. The minimum Gasteiger partial charge on any atom is -0.310 e. The van der Waals surface area contributed by atoms with Gasteiger partial charge in [0, 0.05) is 48.1 Å². The van der Waals surface area contributed by atoms with E-state index in [0.717, 1.165) is 17.1 Å². The van der Waals surface area contributed by atoms with E-state index >= 15 is 0 Å². The largest absolute Gasteiger partial charge is 0.310 e. The number of anilines is 3. The van der Waals surface area contributed by atoms with Crippen molar-refractivity contribution >= 4 is 48.6 Å². The van der Waals surface area contributed by atoms with Crippen LogP contribution in [0.15, 0.2) is 176 Å². The summed E-state index contributed by atoms with van der Waals surface area (Å²) >= 11 is 1.87. The second kappa shape index (κ2) is 12.1. The van der Waals surface area contributed by atoms with Gasteiger partial charge >= 0.3 is 0 Å². The molecule has 8 aromatic carbocycles. The van der Waals surface area contributed by atoms with Crippen molar-refractivity contribution < 1.29 is 0 Å². The first-order valence-electron chi connectivity index (χ1n) is 19.7. The summed E-state index contributed by atoms with van der Waals surface area (Å²) in [5, 5.41) is 2.66. The van der Waals surface area contributed by atoms with E-state index in [0.29, 0.717) is 0 Å². The molecule has 0 radical (unpaired) electrons. The Bertz CT molecular complexity index is 3010. The minimum absolute atomic E-state index is 0.00151. The summed E-state index contributed by atoms with van der Waals surface area (Å²) in [5.41, 5.74) is 19.2. The van der Waals surface area contributed by atoms with Crippen molar-refractivity contribution in [2.24, 2.45) is 0 Å². The molecule has 9 aromatic rings. The number of hydrogen-bond acceptors (Lipinski definition) is 2. The Kier molecular flexibility index (Phi) is 7.18. The van der Waals surface area contributed by atoms with Crippen LogP contribution in [0.1, 0.15) is 49.9 Å². The van der Waals surface area contributed by atoms with Gasteiger partial charge in [0.15, 0.2) is 0 Å². The lowest BCUT2D eigenvalue weighted by atomic mass is 9.82. The smallest absolute Gasteiger partial charge is 0.0465 e. The van der Waals surface area contributed by atoms with E-state index in [1.54, 1.807) is 0 Å². The zero-order valence-electron chi connectivity index (χ0n) is 32.1. The van der Waals surface area contributed by atoms with Crippen LogP contribution in [0.3, 0.4) is 0 Å². The zero-order chi connectivity index (χ0) is 37.8. The first-order chi connectivity index (χ1) is 27.3. The van der Waals surface area contributed by atoms with Crippen LogP contribution in [0.5, 0.6) is 0 Å². The molecule has 1 aromatic heterocycles. The minimum atomic E-state index is -0.0900. The van der Waals surface area contributed by atoms with Gasteiger partial charge in [-0.2, -0.15) is 0 Å². The molecule has 2 heteroatoms. The van der Waals surface area contributed by atoms with Gasteiger partial charge in [0.2, 0.25) is 0 Å². The highest BCUT2D eigenvalue weighted by Crippen LogP contribution is 2.52. The van der Waals surface area contributed by atoms with E-state index in [-0.39, 0.29) is 10.8 Å². The normalized spacial score (nSPS) is 14.4. The molecule has 0 amide bonds. The van der Waals surface area contributed by atoms with Gasteiger partial charge in [-0.05, 0) is 121 Å². The van der Waals surface area contributed by atoms with Crippen LogP contribution < -0.4 is 4.90 Å². The van der Waals surface area contributed by atoms with E-state index in [1.165, 1.54) is 86.9 Å². The lowest BCUT2D eigenvalue weighted by Gasteiger charge is -2.28. The number of thiophene rings is 1. The van der Waals surface area contributed by atoms with Crippen LogP contribution in [-0.4, -0.2) is 0 Å². The van der Waals surface area contributed by atoms with Crippen molar-refractivity contribution in [3.63, 3.8) is 0 Å². The number of rotatable bonds is 5. The fourth-order valence-corrected chi connectivity index (χ4v) is 10.8. The van der Waals surface area contributed by atoms with Crippen molar-refractivity contribution in [1.82, 2.24) is 0 Å². The van der Waals surface area contributed by atoms with Gasteiger partial charge in [0.05, 0.1) is 0 Å². The molecule has 56 heavy (non-hydrogen) atoms. The van der Waals surface area contributed by atoms with Gasteiger partial charge in [0.25, 0.3) is 0 Å². The third-order valence-corrected chi connectivity index (χ3v) is 13.8. The van der Waals surface area contributed by atoms with Crippen LogP contribution in [0.4, 0.5) is 17.1 Å². The molecule has 268 valence electrons. The third-order valence-electron chi connectivity index (χ3n) is 12.7. The third kappa shape index (κ3) is 4.92. The number of nitrogens with zero attached hydrogens (tertiary/aromatic N) is 1. The predicted octanol–water partition coefficient (Wildman–Crippen LogP) is 15.5. The van der Waals surface area contributed by atoms with Crippen LogP contribution in [-0.2, 0) is 10.8 Å². The number of hydrogen-bond donors (Lipinski definition) is 0. The predicted molar refractivity (Wildman–Crippen MR) is 240 cm³/mol. The van der Waals surface area contributed by atoms with Crippen molar-refractivity contribution in [3.8, 4) is 44.5 Å². The highest BCUT2D eigenvalue weighted by Gasteiger charge is 2.36. The molecule has 0 bridgehead atoms. The Labute approximate surface area is 333 Å². The summed E-state index contributed by atoms with van der Waals surface area (Å²) in [6.07, 6.45) is 0. The quantitative estimate of drug-likeness (QED) is 0.170. The molecule has 0 spiro atoms. The topological polar surface area (TPSA) is 3.24 Å². The molecule has 0 atom stereocenters. The van der Waals surface area contributed by atoms with Crippen LogP contribution in [0, 0.1) is 0 Å². The van der Waals surface area contributed by atoms with Crippen molar-refractivity contribution in [2.45, 2.75) is 38.5 Å². The maximum Gasteiger partial charge on any atom is 0.0465 e. The van der Waals surface area contributed by atoms with Gasteiger partial charge < -0.3 is 4.90 Å². The standard InChI is InChI=1S/C54H41NS/c1-53(2)48-15-9-6-12-42(48)46-31-36(22-30-49(46)53)34-17-23-38(24-18-34)55(40-27-29-43-41-11-5-8-14-47(41)54(3,4)50(43)33-40)39-25-19-35(20-26-39)37-21-28-45-44-13-7-10-16-51(44)56-52(45)32-37/h5-33H,1-4H3. The van der Waals surface area contributed by atoms with Crippen molar-refractivity contribution in [2.75, 3.05) is 4.90 Å². The number of fused-ring (bicyclic) bond motifs is 9. The van der Waals surface area contributed by atoms with E-state index in [1.807, 2.05) is 11.3 Å². The van der Waals surface area contributed by atoms with Crippen molar-refractivity contribution in [1.29, 1.82) is 0 Å². The first-order valence-corrected chi connectivity index (χ1v) is 20.5. The molecular formula is C54H41NS. The van der Waals surface area contributed by atoms with Gasteiger partial charge in [0.1, 0.15) is 0 Å². The lowest BCUT2D eigenvalue weighted by Crippen LogP contribution is -2.16. The fraction of sp³-hybridized carbons (Fsp3) is 0.111. The van der Waals surface area contributed by atoms with E-state index < -0.39 is 0 Å². The highest BCUT2D eigenvalue weighted by molar-refractivity contribution is 7.25. The molecule has 0 unspecified atom stereocenters. The SMILES string of the molecule is CC1(C)c2ccccc2-c2cc(-c3ccc(N(c4ccc(-c5ccc6c(c5)sc5ccccc56)cc4)c4ccc5c(c4)C(C)(C)c4ccccc4-5)cc3)ccc21. The summed E-state index contributed by atoms with van der Waals surface area (Å²) in [5.74, 6) is 0. The Balaban J connectivity index is 0.993. The molecule has 0 saturated heterocycles. The molecule has 11 rings (SSSR count). The van der Waals surface area contributed by atoms with E-state index in [4.69, 9.17) is 0 Å². The van der Waals surface area contributed by atoms with Gasteiger partial charge in [-0.25, -0.2) is 0 Å². The maximum atomic E-state index is 2.42. The molecule has 0 fully saturated rings. The summed E-state index contributed by atoms with van der Waals surface area (Å²) < 4.78 is 2.66. The lowest BCUT2D eigenvalue weighted by molar-refractivity contribution is 0.660. The molecule has 1 heterocycles. The maximum absolute atomic E-state index is 2.42. The first kappa shape index (κ1) is 33.1. The fourth-order valence-electron chi connectivity index (χ4n) is 9.69. The Morgan fingerprint density at radius 2 is 0.821 bits per heavy atom. The Hall–Kier alpha value is -6.22. The Morgan fingerprint density at radius 1 is 0.339 bits per heavy atom. The zero-order valence-corrected chi connectivity index (χ0v) is 32.9. The molecule has 2 aliphatic rings. The summed E-state index contributed by atoms with van der Waals surface area (Å²) in [6, 6.07) is 65.8. The molecule has 2 aliphatic carbocycles. The molecule has 1 nitrogen and oxygen atoms in total. The van der Waals surface area contributed by atoms with Crippen LogP contribution in [0.25, 0.3) is 64.7 Å². The highest BCUT2D eigenvalue weighted by atomic mass is 32.1.